The number of hydrogen-bond donors (Lipinski definition) is 1. The Morgan fingerprint density at radius 3 is 2.30 bits per heavy atom. The van der Waals surface area contributed by atoms with Gasteiger partial charge in [-0.1, -0.05) is 33.8 Å². The molecular weight excluding hydrogens is 250 g/mol. The summed E-state index contributed by atoms with van der Waals surface area (Å²) in [6.45, 7) is 12.1. The third kappa shape index (κ3) is 4.46. The number of aliphatic hydroxyl groups excluding tert-OH is 1. The molecule has 0 fully saturated rings. The van der Waals surface area contributed by atoms with Crippen LogP contribution >= 0.6 is 0 Å². The second kappa shape index (κ2) is 10.1. The zero-order valence-electron chi connectivity index (χ0n) is 13.5. The molecular formula is C16H27N3O. The summed E-state index contributed by atoms with van der Waals surface area (Å²) in [5.41, 5.74) is 2.57. The van der Waals surface area contributed by atoms with Crippen LogP contribution in [0.4, 0.5) is 0 Å². The third-order valence-corrected chi connectivity index (χ3v) is 2.46. The Morgan fingerprint density at radius 1 is 1.10 bits per heavy atom. The molecule has 0 atom stereocenters. The van der Waals surface area contributed by atoms with Crippen LogP contribution in [0, 0.1) is 0 Å². The first-order valence-electron chi connectivity index (χ1n) is 7.32. The highest BCUT2D eigenvalue weighted by Gasteiger charge is 2.12. The van der Waals surface area contributed by atoms with Crippen LogP contribution in [0.15, 0.2) is 30.6 Å². The average Bonchev–Trinajstić information content (AvgIpc) is 3.01. The van der Waals surface area contributed by atoms with Crippen LogP contribution in [0.2, 0.25) is 0 Å². The normalized spacial score (nSPS) is 9.40. The van der Waals surface area contributed by atoms with E-state index >= 15 is 0 Å². The van der Waals surface area contributed by atoms with Crippen LogP contribution in [0.5, 0.6) is 0 Å². The highest BCUT2D eigenvalue weighted by molar-refractivity contribution is 5.58. The van der Waals surface area contributed by atoms with Gasteiger partial charge in [-0.05, 0) is 26.0 Å². The number of hydrogen-bond acceptors (Lipinski definition) is 3. The molecule has 0 aliphatic carbocycles. The summed E-state index contributed by atoms with van der Waals surface area (Å²) in [4.78, 5) is 4.31. The molecule has 20 heavy (non-hydrogen) atoms. The molecule has 0 saturated heterocycles. The standard InChI is InChI=1S/C12H15N3O.2C2H6/c1-9(2)15-11(5-7-14-15)12-10(8-16)4-3-6-13-12;2*1-2/h3-7,9,16H,8H2,1-2H3;2*1-2H3. The molecule has 1 N–H and O–H groups in total. The molecule has 0 bridgehead atoms. The lowest BCUT2D eigenvalue weighted by molar-refractivity contribution is 0.282. The molecule has 4 nitrogen and oxygen atoms in total. The first-order chi connectivity index (χ1) is 9.74. The molecule has 2 rings (SSSR count). The molecule has 2 aromatic rings. The summed E-state index contributed by atoms with van der Waals surface area (Å²) in [7, 11) is 0. The van der Waals surface area contributed by atoms with Gasteiger partial charge >= 0.3 is 0 Å². The Balaban J connectivity index is 0.000000829. The molecule has 0 aliphatic heterocycles. The molecule has 4 heteroatoms. The minimum atomic E-state index is -0.00749. The fraction of sp³-hybridized carbons (Fsp3) is 0.500. The summed E-state index contributed by atoms with van der Waals surface area (Å²) in [6.07, 6.45) is 3.48. The van der Waals surface area contributed by atoms with Crippen molar-refractivity contribution < 1.29 is 5.11 Å². The van der Waals surface area contributed by atoms with Crippen LogP contribution < -0.4 is 0 Å². The second-order valence-corrected chi connectivity index (χ2v) is 3.92. The zero-order chi connectivity index (χ0) is 15.5. The Hall–Kier alpha value is -1.68. The van der Waals surface area contributed by atoms with E-state index in [1.165, 1.54) is 0 Å². The first-order valence-corrected chi connectivity index (χ1v) is 7.32. The van der Waals surface area contributed by atoms with Gasteiger partial charge in [0.2, 0.25) is 0 Å². The lowest BCUT2D eigenvalue weighted by atomic mass is 10.1. The average molecular weight is 277 g/mol. The van der Waals surface area contributed by atoms with Crippen LogP contribution in [0.3, 0.4) is 0 Å². The maximum Gasteiger partial charge on any atom is 0.0938 e. The van der Waals surface area contributed by atoms with Crippen molar-refractivity contribution in [1.82, 2.24) is 14.8 Å². The maximum absolute atomic E-state index is 9.28. The molecule has 0 radical (unpaired) electrons. The van der Waals surface area contributed by atoms with Crippen molar-refractivity contribution in [3.63, 3.8) is 0 Å². The highest BCUT2D eigenvalue weighted by Crippen LogP contribution is 2.23. The summed E-state index contributed by atoms with van der Waals surface area (Å²) in [5, 5.41) is 13.5. The van der Waals surface area contributed by atoms with E-state index in [2.05, 4.69) is 23.9 Å². The summed E-state index contributed by atoms with van der Waals surface area (Å²) in [5.74, 6) is 0. The zero-order valence-corrected chi connectivity index (χ0v) is 13.5. The van der Waals surface area contributed by atoms with Gasteiger partial charge in [-0.25, -0.2) is 0 Å². The fourth-order valence-electron chi connectivity index (χ4n) is 1.71. The van der Waals surface area contributed by atoms with Crippen molar-refractivity contribution in [2.24, 2.45) is 0 Å². The predicted octanol–water partition coefficient (Wildman–Crippen LogP) is 4.07. The van der Waals surface area contributed by atoms with Gasteiger partial charge < -0.3 is 5.11 Å². The van der Waals surface area contributed by atoms with Gasteiger partial charge in [0.15, 0.2) is 0 Å². The van der Waals surface area contributed by atoms with Gasteiger partial charge in [0.25, 0.3) is 0 Å². The van der Waals surface area contributed by atoms with E-state index < -0.39 is 0 Å². The van der Waals surface area contributed by atoms with Crippen molar-refractivity contribution >= 4 is 0 Å². The van der Waals surface area contributed by atoms with Gasteiger partial charge in [0.05, 0.1) is 18.0 Å². The molecule has 0 aromatic carbocycles. The Bertz CT molecular complexity index is 478. The highest BCUT2D eigenvalue weighted by atomic mass is 16.3. The molecule has 112 valence electrons. The van der Waals surface area contributed by atoms with Crippen molar-refractivity contribution in [2.45, 2.75) is 54.2 Å². The molecule has 0 spiro atoms. The van der Waals surface area contributed by atoms with E-state index in [1.54, 1.807) is 12.4 Å². The summed E-state index contributed by atoms with van der Waals surface area (Å²) < 4.78 is 1.90. The third-order valence-electron chi connectivity index (χ3n) is 2.46. The van der Waals surface area contributed by atoms with E-state index in [0.29, 0.717) is 0 Å². The van der Waals surface area contributed by atoms with Crippen LogP contribution in [-0.2, 0) is 6.61 Å². The van der Waals surface area contributed by atoms with Gasteiger partial charge in [0, 0.05) is 24.0 Å². The van der Waals surface area contributed by atoms with E-state index in [-0.39, 0.29) is 12.6 Å². The monoisotopic (exact) mass is 277 g/mol. The Morgan fingerprint density at radius 2 is 1.75 bits per heavy atom. The predicted molar refractivity (Wildman–Crippen MR) is 84.5 cm³/mol. The van der Waals surface area contributed by atoms with E-state index in [4.69, 9.17) is 0 Å². The fourth-order valence-corrected chi connectivity index (χ4v) is 1.71. The lowest BCUT2D eigenvalue weighted by Gasteiger charge is -2.12. The lowest BCUT2D eigenvalue weighted by Crippen LogP contribution is -2.06. The summed E-state index contributed by atoms with van der Waals surface area (Å²) in [6, 6.07) is 5.89. The molecule has 0 saturated carbocycles. The van der Waals surface area contributed by atoms with Gasteiger partial charge in [-0.2, -0.15) is 5.10 Å². The topological polar surface area (TPSA) is 50.9 Å². The van der Waals surface area contributed by atoms with Crippen molar-refractivity contribution in [2.75, 3.05) is 0 Å². The Labute approximate surface area is 122 Å². The van der Waals surface area contributed by atoms with Crippen LogP contribution in [-0.4, -0.2) is 19.9 Å². The number of aliphatic hydroxyl groups is 1. The minimum absolute atomic E-state index is 0.00749. The van der Waals surface area contributed by atoms with Gasteiger partial charge in [0.1, 0.15) is 0 Å². The number of rotatable bonds is 3. The van der Waals surface area contributed by atoms with Gasteiger partial charge in [-0.3, -0.25) is 9.67 Å². The van der Waals surface area contributed by atoms with Crippen LogP contribution in [0.25, 0.3) is 11.4 Å². The molecule has 2 heterocycles. The van der Waals surface area contributed by atoms with Gasteiger partial charge in [-0.15, -0.1) is 0 Å². The van der Waals surface area contributed by atoms with E-state index in [9.17, 15) is 5.11 Å². The molecule has 0 amide bonds. The number of pyridine rings is 1. The number of aromatic nitrogens is 3. The first kappa shape index (κ1) is 18.3. The quantitative estimate of drug-likeness (QED) is 0.920. The Kier molecular flexibility index (Phi) is 9.30. The molecule has 0 aliphatic rings. The second-order valence-electron chi connectivity index (χ2n) is 3.92. The van der Waals surface area contributed by atoms with Crippen LogP contribution in [0.1, 0.15) is 53.1 Å². The van der Waals surface area contributed by atoms with E-state index in [1.807, 2.05) is 50.6 Å². The summed E-state index contributed by atoms with van der Waals surface area (Å²) >= 11 is 0. The number of nitrogens with zero attached hydrogens (tertiary/aromatic N) is 3. The smallest absolute Gasteiger partial charge is 0.0938 e. The van der Waals surface area contributed by atoms with Crippen molar-refractivity contribution in [1.29, 1.82) is 0 Å². The minimum Gasteiger partial charge on any atom is -0.392 e. The molecule has 0 unspecified atom stereocenters. The SMILES string of the molecule is CC.CC.CC(C)n1nccc1-c1ncccc1CO. The largest absolute Gasteiger partial charge is 0.392 e. The van der Waals surface area contributed by atoms with E-state index in [0.717, 1.165) is 17.0 Å². The van der Waals surface area contributed by atoms with Crippen molar-refractivity contribution in [3.8, 4) is 11.4 Å². The molecule has 2 aromatic heterocycles. The van der Waals surface area contributed by atoms with Crippen molar-refractivity contribution in [3.05, 3.63) is 36.2 Å². The maximum atomic E-state index is 9.28.